The van der Waals surface area contributed by atoms with E-state index in [1.165, 1.54) is 66.3 Å². The summed E-state index contributed by atoms with van der Waals surface area (Å²) >= 11 is 0. The first-order valence-corrected chi connectivity index (χ1v) is 18.4. The maximum atomic E-state index is 2.44. The Bertz CT molecular complexity index is 2740. The second-order valence-electron chi connectivity index (χ2n) is 14.6. The highest BCUT2D eigenvalue weighted by Crippen LogP contribution is 2.51. The summed E-state index contributed by atoms with van der Waals surface area (Å²) in [4.78, 5) is 2.41. The van der Waals surface area contributed by atoms with E-state index in [1.807, 2.05) is 0 Å². The highest BCUT2D eigenvalue weighted by molar-refractivity contribution is 6.11. The summed E-state index contributed by atoms with van der Waals surface area (Å²) in [5.74, 6) is 0. The molecule has 2 heteroatoms. The molecule has 2 nitrogen and oxygen atoms in total. The van der Waals surface area contributed by atoms with Crippen LogP contribution in [0.4, 0.5) is 17.1 Å². The molecule has 0 atom stereocenters. The van der Waals surface area contributed by atoms with E-state index in [-0.39, 0.29) is 5.41 Å². The smallest absolute Gasteiger partial charge is 0.0542 e. The molecule has 0 spiro atoms. The predicted octanol–water partition coefficient (Wildman–Crippen LogP) is 13.9. The summed E-state index contributed by atoms with van der Waals surface area (Å²) in [6.45, 7) is 4.70. The van der Waals surface area contributed by atoms with Crippen molar-refractivity contribution in [1.29, 1.82) is 0 Å². The molecule has 0 unspecified atom stereocenters. The molecule has 53 heavy (non-hydrogen) atoms. The van der Waals surface area contributed by atoms with E-state index in [1.54, 1.807) is 0 Å². The van der Waals surface area contributed by atoms with Crippen molar-refractivity contribution < 1.29 is 0 Å². The molecule has 0 bridgehead atoms. The van der Waals surface area contributed by atoms with Crippen LogP contribution in [0.3, 0.4) is 0 Å². The van der Waals surface area contributed by atoms with Gasteiger partial charge in [-0.3, -0.25) is 0 Å². The van der Waals surface area contributed by atoms with Gasteiger partial charge in [0.1, 0.15) is 0 Å². The summed E-state index contributed by atoms with van der Waals surface area (Å²) in [5.41, 5.74) is 17.0. The maximum absolute atomic E-state index is 2.44. The van der Waals surface area contributed by atoms with Crippen LogP contribution in [0.15, 0.2) is 194 Å². The van der Waals surface area contributed by atoms with Crippen LogP contribution >= 0.6 is 0 Å². The molecule has 0 N–H and O–H groups in total. The molecule has 0 fully saturated rings. The van der Waals surface area contributed by atoms with Crippen LogP contribution in [0.25, 0.3) is 60.9 Å². The van der Waals surface area contributed by atoms with E-state index in [4.69, 9.17) is 0 Å². The topological polar surface area (TPSA) is 8.17 Å². The fourth-order valence-electron chi connectivity index (χ4n) is 8.57. The number of hydrogen-bond donors (Lipinski definition) is 0. The zero-order valence-electron chi connectivity index (χ0n) is 29.9. The lowest BCUT2D eigenvalue weighted by molar-refractivity contribution is 0.660. The van der Waals surface area contributed by atoms with Gasteiger partial charge in [0.15, 0.2) is 0 Å². The average Bonchev–Trinajstić information content (AvgIpc) is 3.67. The Morgan fingerprint density at radius 3 is 1.64 bits per heavy atom. The van der Waals surface area contributed by atoms with Gasteiger partial charge in [0, 0.05) is 38.9 Å². The minimum absolute atomic E-state index is 0.0887. The van der Waals surface area contributed by atoms with Crippen molar-refractivity contribution >= 4 is 38.9 Å². The van der Waals surface area contributed by atoms with Gasteiger partial charge in [-0.1, -0.05) is 141 Å². The van der Waals surface area contributed by atoms with Crippen molar-refractivity contribution in [3.63, 3.8) is 0 Å². The number of nitrogens with zero attached hydrogens (tertiary/aromatic N) is 2. The van der Waals surface area contributed by atoms with Crippen molar-refractivity contribution in [1.82, 2.24) is 4.57 Å². The van der Waals surface area contributed by atoms with Crippen molar-refractivity contribution in [2.45, 2.75) is 19.3 Å². The van der Waals surface area contributed by atoms with E-state index in [0.717, 1.165) is 22.7 Å². The van der Waals surface area contributed by atoms with Gasteiger partial charge in [0.05, 0.1) is 11.0 Å². The van der Waals surface area contributed by atoms with E-state index < -0.39 is 0 Å². The molecular formula is C51H38N2. The lowest BCUT2D eigenvalue weighted by Crippen LogP contribution is -2.16. The van der Waals surface area contributed by atoms with Crippen LogP contribution in [-0.2, 0) is 5.41 Å². The maximum Gasteiger partial charge on any atom is 0.0542 e. The van der Waals surface area contributed by atoms with Crippen molar-refractivity contribution in [2.75, 3.05) is 4.90 Å². The number of para-hydroxylation sites is 2. The first kappa shape index (κ1) is 31.1. The monoisotopic (exact) mass is 678 g/mol. The first-order valence-electron chi connectivity index (χ1n) is 18.4. The van der Waals surface area contributed by atoms with Crippen LogP contribution in [0.2, 0.25) is 0 Å². The minimum atomic E-state index is -0.0887. The quantitative estimate of drug-likeness (QED) is 0.170. The normalized spacial score (nSPS) is 12.9. The third kappa shape index (κ3) is 5.10. The Balaban J connectivity index is 1.17. The number of fused-ring (bicyclic) bond motifs is 6. The molecule has 8 aromatic carbocycles. The van der Waals surface area contributed by atoms with Gasteiger partial charge in [0.2, 0.25) is 0 Å². The van der Waals surface area contributed by atoms with E-state index in [2.05, 4.69) is 217 Å². The molecule has 0 saturated heterocycles. The molecular weight excluding hydrogens is 641 g/mol. The molecule has 1 heterocycles. The van der Waals surface area contributed by atoms with Crippen LogP contribution in [-0.4, -0.2) is 4.57 Å². The molecule has 1 aliphatic rings. The Hall–Kier alpha value is -6.64. The fraction of sp³-hybridized carbons (Fsp3) is 0.0588. The second kappa shape index (κ2) is 12.3. The van der Waals surface area contributed by atoms with E-state index >= 15 is 0 Å². The SMILES string of the molecule is CC1(C)c2ccccc2-c2ccc(N(c3ccccc3)c3ccc4c(c3)c3ccccc3n4-c3cc(-c4ccccc4)cc(-c4ccccc4)c3)cc21. The highest BCUT2D eigenvalue weighted by Gasteiger charge is 2.35. The predicted molar refractivity (Wildman–Crippen MR) is 224 cm³/mol. The first-order chi connectivity index (χ1) is 26.0. The Morgan fingerprint density at radius 1 is 0.377 bits per heavy atom. The van der Waals surface area contributed by atoms with Gasteiger partial charge >= 0.3 is 0 Å². The van der Waals surface area contributed by atoms with Gasteiger partial charge in [-0.05, 0) is 111 Å². The number of anilines is 3. The number of benzene rings is 8. The fourth-order valence-corrected chi connectivity index (χ4v) is 8.57. The van der Waals surface area contributed by atoms with Gasteiger partial charge in [-0.2, -0.15) is 0 Å². The molecule has 9 aromatic rings. The summed E-state index contributed by atoms with van der Waals surface area (Å²) in [7, 11) is 0. The molecule has 1 aliphatic carbocycles. The Kier molecular flexibility index (Phi) is 7.19. The van der Waals surface area contributed by atoms with Crippen LogP contribution < -0.4 is 4.90 Å². The van der Waals surface area contributed by atoms with E-state index in [0.29, 0.717) is 0 Å². The van der Waals surface area contributed by atoms with Crippen LogP contribution in [0.5, 0.6) is 0 Å². The van der Waals surface area contributed by atoms with Crippen LogP contribution in [0, 0.1) is 0 Å². The highest BCUT2D eigenvalue weighted by atomic mass is 15.1. The zero-order chi connectivity index (χ0) is 35.5. The third-order valence-electron chi connectivity index (χ3n) is 11.1. The second-order valence-corrected chi connectivity index (χ2v) is 14.6. The van der Waals surface area contributed by atoms with Crippen molar-refractivity contribution in [3.05, 3.63) is 205 Å². The lowest BCUT2D eigenvalue weighted by Gasteiger charge is -2.28. The van der Waals surface area contributed by atoms with Crippen molar-refractivity contribution in [3.8, 4) is 39.1 Å². The molecule has 1 aromatic heterocycles. The molecule has 0 aliphatic heterocycles. The van der Waals surface area contributed by atoms with Gasteiger partial charge in [0.25, 0.3) is 0 Å². The largest absolute Gasteiger partial charge is 0.310 e. The van der Waals surface area contributed by atoms with E-state index in [9.17, 15) is 0 Å². The molecule has 0 amide bonds. The minimum Gasteiger partial charge on any atom is -0.310 e. The van der Waals surface area contributed by atoms with Crippen LogP contribution in [0.1, 0.15) is 25.0 Å². The number of rotatable bonds is 6. The molecule has 10 rings (SSSR count). The summed E-state index contributed by atoms with van der Waals surface area (Å²) < 4.78 is 2.44. The Morgan fingerprint density at radius 2 is 0.925 bits per heavy atom. The van der Waals surface area contributed by atoms with Gasteiger partial charge in [-0.25, -0.2) is 0 Å². The summed E-state index contributed by atoms with van der Waals surface area (Å²) in [6.07, 6.45) is 0. The molecule has 0 saturated carbocycles. The zero-order valence-corrected chi connectivity index (χ0v) is 29.9. The average molecular weight is 679 g/mol. The third-order valence-corrected chi connectivity index (χ3v) is 11.1. The lowest BCUT2D eigenvalue weighted by atomic mass is 9.82. The summed E-state index contributed by atoms with van der Waals surface area (Å²) in [6, 6.07) is 70.9. The molecule has 252 valence electrons. The van der Waals surface area contributed by atoms with Crippen molar-refractivity contribution in [2.24, 2.45) is 0 Å². The standard InChI is InChI=1S/C51H38N2/c1-51(2)47-24-14-12-22-43(47)44-28-26-41(34-48(44)51)52(39-20-10-5-11-21-39)40-27-29-50-46(33-40)45-23-13-15-25-49(45)53(50)42-31-37(35-16-6-3-7-17-35)30-38(32-42)36-18-8-4-9-19-36/h3-34H,1-2H3. The number of aromatic nitrogens is 1. The number of hydrogen-bond acceptors (Lipinski definition) is 1. The molecule has 0 radical (unpaired) electrons. The summed E-state index contributed by atoms with van der Waals surface area (Å²) in [5, 5.41) is 2.45. The van der Waals surface area contributed by atoms with Gasteiger partial charge in [-0.15, -0.1) is 0 Å². The Labute approximate surface area is 310 Å². The van der Waals surface area contributed by atoms with Gasteiger partial charge < -0.3 is 9.47 Å².